The Morgan fingerprint density at radius 1 is 0.893 bits per heavy atom. The summed E-state index contributed by atoms with van der Waals surface area (Å²) in [6.45, 7) is 0.411. The quantitative estimate of drug-likeness (QED) is 0.481. The first-order valence-electron chi connectivity index (χ1n) is 8.78. The highest BCUT2D eigenvalue weighted by Gasteiger charge is 2.07. The Morgan fingerprint density at radius 2 is 1.57 bits per heavy atom. The molecule has 0 aliphatic rings. The van der Waals surface area contributed by atoms with Crippen molar-refractivity contribution >= 4 is 23.8 Å². The molecule has 0 unspecified atom stereocenters. The van der Waals surface area contributed by atoms with Crippen LogP contribution in [0.1, 0.15) is 24.0 Å². The maximum Gasteiger partial charge on any atom is 0.262 e. The monoisotopic (exact) mass is 381 g/mol. The predicted octanol–water partition coefficient (Wildman–Crippen LogP) is 1.95. The maximum absolute atomic E-state index is 11.8. The zero-order chi connectivity index (χ0) is 20.2. The first-order valence-corrected chi connectivity index (χ1v) is 8.78. The van der Waals surface area contributed by atoms with Crippen LogP contribution in [0.3, 0.4) is 0 Å². The van der Waals surface area contributed by atoms with Gasteiger partial charge >= 0.3 is 0 Å². The molecule has 146 valence electrons. The molecule has 2 aromatic carbocycles. The average Bonchev–Trinajstić information content (AvgIpc) is 2.74. The van der Waals surface area contributed by atoms with Gasteiger partial charge in [-0.05, 0) is 29.3 Å². The van der Waals surface area contributed by atoms with Crippen LogP contribution in [-0.4, -0.2) is 24.8 Å². The van der Waals surface area contributed by atoms with Gasteiger partial charge in [-0.3, -0.25) is 25.2 Å². The Kier molecular flexibility index (Phi) is 8.26. The van der Waals surface area contributed by atoms with Gasteiger partial charge in [0.2, 0.25) is 11.8 Å². The molecule has 0 atom stereocenters. The number of amides is 3. The van der Waals surface area contributed by atoms with Crippen molar-refractivity contribution in [1.82, 2.24) is 16.2 Å². The summed E-state index contributed by atoms with van der Waals surface area (Å²) in [6, 6.07) is 16.6. The molecule has 0 aromatic heterocycles. The standard InChI is InChI=1S/C21H23N3O4/c1-28-18-10-7-16(8-11-18)9-12-20(26)23-24-21(27)14-13-19(25)22-15-17-5-3-2-4-6-17/h2-12H,13-15H2,1H3,(H,22,25)(H,23,26)(H,24,27)/b12-9-. The summed E-state index contributed by atoms with van der Waals surface area (Å²) in [7, 11) is 1.58. The SMILES string of the molecule is COc1ccc(/C=C\C(=O)NNC(=O)CCC(=O)NCc2ccccc2)cc1. The van der Waals surface area contributed by atoms with E-state index in [4.69, 9.17) is 4.74 Å². The Bertz CT molecular complexity index is 817. The number of hydrogen-bond acceptors (Lipinski definition) is 4. The number of hydrogen-bond donors (Lipinski definition) is 3. The molecule has 2 aromatic rings. The van der Waals surface area contributed by atoms with Gasteiger partial charge in [0.1, 0.15) is 5.75 Å². The van der Waals surface area contributed by atoms with Crippen molar-refractivity contribution in [3.05, 3.63) is 71.8 Å². The van der Waals surface area contributed by atoms with E-state index in [0.717, 1.165) is 16.9 Å². The van der Waals surface area contributed by atoms with Crippen LogP contribution in [0, 0.1) is 0 Å². The zero-order valence-electron chi connectivity index (χ0n) is 15.6. The normalized spacial score (nSPS) is 10.3. The fourth-order valence-electron chi connectivity index (χ4n) is 2.23. The van der Waals surface area contributed by atoms with Crippen molar-refractivity contribution in [3.8, 4) is 5.75 Å². The highest BCUT2D eigenvalue weighted by atomic mass is 16.5. The number of ether oxygens (including phenoxy) is 1. The highest BCUT2D eigenvalue weighted by Crippen LogP contribution is 2.12. The average molecular weight is 381 g/mol. The lowest BCUT2D eigenvalue weighted by molar-refractivity contribution is -0.129. The van der Waals surface area contributed by atoms with Crippen LogP contribution < -0.4 is 20.9 Å². The number of benzene rings is 2. The van der Waals surface area contributed by atoms with Crippen molar-refractivity contribution in [2.45, 2.75) is 19.4 Å². The zero-order valence-corrected chi connectivity index (χ0v) is 15.6. The van der Waals surface area contributed by atoms with Crippen molar-refractivity contribution in [2.75, 3.05) is 7.11 Å². The Morgan fingerprint density at radius 3 is 2.25 bits per heavy atom. The molecule has 0 saturated heterocycles. The number of rotatable bonds is 8. The third-order valence-corrected chi connectivity index (χ3v) is 3.78. The molecule has 0 aliphatic carbocycles. The van der Waals surface area contributed by atoms with E-state index in [1.807, 2.05) is 30.3 Å². The van der Waals surface area contributed by atoms with Crippen molar-refractivity contribution < 1.29 is 19.1 Å². The second-order valence-corrected chi connectivity index (χ2v) is 5.91. The van der Waals surface area contributed by atoms with E-state index in [2.05, 4.69) is 16.2 Å². The molecule has 7 heteroatoms. The van der Waals surface area contributed by atoms with Crippen molar-refractivity contribution in [3.63, 3.8) is 0 Å². The Balaban J connectivity index is 1.63. The van der Waals surface area contributed by atoms with Crippen LogP contribution in [-0.2, 0) is 20.9 Å². The summed E-state index contributed by atoms with van der Waals surface area (Å²) >= 11 is 0. The van der Waals surface area contributed by atoms with E-state index >= 15 is 0 Å². The summed E-state index contributed by atoms with van der Waals surface area (Å²) in [5, 5.41) is 2.74. The van der Waals surface area contributed by atoms with Gasteiger partial charge in [-0.15, -0.1) is 0 Å². The third kappa shape index (κ3) is 7.74. The fourth-order valence-corrected chi connectivity index (χ4v) is 2.23. The second-order valence-electron chi connectivity index (χ2n) is 5.91. The fraction of sp³-hybridized carbons (Fsp3) is 0.190. The van der Waals surface area contributed by atoms with Crippen LogP contribution in [0.2, 0.25) is 0 Å². The molecular weight excluding hydrogens is 358 g/mol. The van der Waals surface area contributed by atoms with E-state index in [1.165, 1.54) is 6.08 Å². The topological polar surface area (TPSA) is 96.5 Å². The molecule has 28 heavy (non-hydrogen) atoms. The largest absolute Gasteiger partial charge is 0.497 e. The van der Waals surface area contributed by atoms with Crippen LogP contribution in [0.5, 0.6) is 5.75 Å². The second kappa shape index (κ2) is 11.2. The van der Waals surface area contributed by atoms with Crippen molar-refractivity contribution in [1.29, 1.82) is 0 Å². The Labute approximate surface area is 163 Å². The van der Waals surface area contributed by atoms with E-state index < -0.39 is 11.8 Å². The van der Waals surface area contributed by atoms with Crippen LogP contribution >= 0.6 is 0 Å². The summed E-state index contributed by atoms with van der Waals surface area (Å²) < 4.78 is 5.06. The molecule has 7 nitrogen and oxygen atoms in total. The molecule has 3 amide bonds. The molecule has 3 N–H and O–H groups in total. The molecule has 0 heterocycles. The van der Waals surface area contributed by atoms with Gasteiger partial charge in [-0.1, -0.05) is 42.5 Å². The van der Waals surface area contributed by atoms with E-state index in [1.54, 1.807) is 37.5 Å². The van der Waals surface area contributed by atoms with Crippen LogP contribution in [0.15, 0.2) is 60.7 Å². The minimum absolute atomic E-state index is 0.0247. The van der Waals surface area contributed by atoms with Crippen LogP contribution in [0.4, 0.5) is 0 Å². The summed E-state index contributed by atoms with van der Waals surface area (Å²) in [4.78, 5) is 35.2. The van der Waals surface area contributed by atoms with Gasteiger partial charge in [0.05, 0.1) is 7.11 Å². The minimum atomic E-state index is -0.474. The van der Waals surface area contributed by atoms with Gasteiger partial charge in [-0.25, -0.2) is 0 Å². The van der Waals surface area contributed by atoms with Crippen molar-refractivity contribution in [2.24, 2.45) is 0 Å². The van der Waals surface area contributed by atoms with Gasteiger partial charge in [-0.2, -0.15) is 0 Å². The summed E-state index contributed by atoms with van der Waals surface area (Å²) in [5.41, 5.74) is 6.35. The molecule has 0 bridgehead atoms. The van der Waals surface area contributed by atoms with Gasteiger partial charge in [0, 0.05) is 25.5 Å². The maximum atomic E-state index is 11.8. The van der Waals surface area contributed by atoms with E-state index in [0.29, 0.717) is 6.54 Å². The number of nitrogens with one attached hydrogen (secondary N) is 3. The number of carbonyl (C=O) groups is 3. The first-order chi connectivity index (χ1) is 13.6. The molecule has 0 radical (unpaired) electrons. The molecule has 0 spiro atoms. The molecule has 2 rings (SSSR count). The molecular formula is C21H23N3O4. The number of hydrazine groups is 1. The lowest BCUT2D eigenvalue weighted by atomic mass is 10.2. The molecule has 0 aliphatic heterocycles. The summed E-state index contributed by atoms with van der Waals surface area (Å²) in [5.74, 6) is -0.426. The first kappa shape index (κ1) is 20.7. The predicted molar refractivity (Wildman–Crippen MR) is 106 cm³/mol. The number of methoxy groups -OCH3 is 1. The Hall–Kier alpha value is -3.61. The van der Waals surface area contributed by atoms with Crippen LogP contribution in [0.25, 0.3) is 6.08 Å². The molecule has 0 saturated carbocycles. The lowest BCUT2D eigenvalue weighted by Crippen LogP contribution is -2.41. The van der Waals surface area contributed by atoms with Gasteiger partial charge in [0.15, 0.2) is 0 Å². The van der Waals surface area contributed by atoms with E-state index in [9.17, 15) is 14.4 Å². The lowest BCUT2D eigenvalue weighted by Gasteiger charge is -2.07. The van der Waals surface area contributed by atoms with Gasteiger partial charge in [0.25, 0.3) is 5.91 Å². The van der Waals surface area contributed by atoms with E-state index in [-0.39, 0.29) is 18.7 Å². The third-order valence-electron chi connectivity index (χ3n) is 3.78. The smallest absolute Gasteiger partial charge is 0.262 e. The number of carbonyl (C=O) groups excluding carboxylic acids is 3. The van der Waals surface area contributed by atoms with Gasteiger partial charge < -0.3 is 10.1 Å². The molecule has 0 fully saturated rings. The highest BCUT2D eigenvalue weighted by molar-refractivity contribution is 5.93. The summed E-state index contributed by atoms with van der Waals surface area (Å²) in [6.07, 6.45) is 2.92. The minimum Gasteiger partial charge on any atom is -0.497 e.